The molecule has 5 nitrogen and oxygen atoms in total. The second-order valence-corrected chi connectivity index (χ2v) is 4.14. The van der Waals surface area contributed by atoms with Gasteiger partial charge in [-0.1, -0.05) is 6.92 Å². The first kappa shape index (κ1) is 13.9. The predicted octanol–water partition coefficient (Wildman–Crippen LogP) is 2.46. The van der Waals surface area contributed by atoms with Crippen molar-refractivity contribution in [1.82, 2.24) is 9.97 Å². The van der Waals surface area contributed by atoms with Gasteiger partial charge in [0.2, 0.25) is 0 Å². The van der Waals surface area contributed by atoms with Gasteiger partial charge in [0, 0.05) is 24.4 Å². The molecule has 0 saturated heterocycles. The van der Waals surface area contributed by atoms with E-state index in [2.05, 4.69) is 9.97 Å². The average molecular weight is 270 g/mol. The molecule has 0 atom stereocenters. The van der Waals surface area contributed by atoms with Gasteiger partial charge in [-0.25, -0.2) is 9.97 Å². The van der Waals surface area contributed by atoms with E-state index < -0.39 is 0 Å². The Bertz CT molecular complexity index is 592. The molecule has 0 amide bonds. The van der Waals surface area contributed by atoms with Crippen LogP contribution in [-0.2, 0) is 6.61 Å². The number of ketones is 1. The minimum Gasteiger partial charge on any atom is -0.486 e. The Kier molecular flexibility index (Phi) is 4.55. The molecule has 0 aliphatic rings. The van der Waals surface area contributed by atoms with Crippen LogP contribution in [0.3, 0.4) is 0 Å². The summed E-state index contributed by atoms with van der Waals surface area (Å²) in [4.78, 5) is 29.9. The Morgan fingerprint density at radius 2 is 1.85 bits per heavy atom. The van der Waals surface area contributed by atoms with Crippen molar-refractivity contribution in [3.8, 4) is 5.75 Å². The molecule has 0 fully saturated rings. The maximum absolute atomic E-state index is 11.5. The first-order valence-electron chi connectivity index (χ1n) is 6.25. The molecule has 0 bridgehead atoms. The van der Waals surface area contributed by atoms with Crippen LogP contribution in [0.25, 0.3) is 0 Å². The number of benzene rings is 1. The molecular weight excluding hydrogens is 256 g/mol. The van der Waals surface area contributed by atoms with Crippen molar-refractivity contribution in [3.05, 3.63) is 53.6 Å². The van der Waals surface area contributed by atoms with Crippen LogP contribution in [0.15, 0.2) is 36.7 Å². The Hall–Kier alpha value is -2.56. The van der Waals surface area contributed by atoms with Gasteiger partial charge in [0.1, 0.15) is 12.4 Å². The summed E-state index contributed by atoms with van der Waals surface area (Å²) in [5.74, 6) is 1.23. The molecule has 0 aliphatic carbocycles. The lowest BCUT2D eigenvalue weighted by Crippen LogP contribution is -2.02. The van der Waals surface area contributed by atoms with Gasteiger partial charge in [0.15, 0.2) is 17.9 Å². The van der Waals surface area contributed by atoms with Crippen molar-refractivity contribution in [3.63, 3.8) is 0 Å². The first-order chi connectivity index (χ1) is 9.72. The summed E-state index contributed by atoms with van der Waals surface area (Å²) in [6.45, 7) is 2.04. The number of carbonyl (C=O) groups excluding carboxylic acids is 2. The lowest BCUT2D eigenvalue weighted by Gasteiger charge is -2.06. The number of hydrogen-bond donors (Lipinski definition) is 0. The average Bonchev–Trinajstić information content (AvgIpc) is 2.53. The number of ether oxygens (including phenoxy) is 1. The third-order valence-electron chi connectivity index (χ3n) is 2.73. The molecule has 2 aromatic rings. The fourth-order valence-electron chi connectivity index (χ4n) is 1.59. The van der Waals surface area contributed by atoms with Crippen LogP contribution < -0.4 is 4.74 Å². The number of aromatic nitrogens is 2. The minimum absolute atomic E-state index is 0.101. The molecule has 1 aromatic carbocycles. The highest BCUT2D eigenvalue weighted by molar-refractivity contribution is 5.95. The largest absolute Gasteiger partial charge is 0.486 e. The Morgan fingerprint density at radius 3 is 2.40 bits per heavy atom. The van der Waals surface area contributed by atoms with Crippen LogP contribution in [0.4, 0.5) is 0 Å². The predicted molar refractivity (Wildman–Crippen MR) is 72.8 cm³/mol. The maximum Gasteiger partial charge on any atom is 0.166 e. The van der Waals surface area contributed by atoms with Gasteiger partial charge >= 0.3 is 0 Å². The Labute approximate surface area is 116 Å². The smallest absolute Gasteiger partial charge is 0.166 e. The second kappa shape index (κ2) is 6.56. The summed E-state index contributed by atoms with van der Waals surface area (Å²) >= 11 is 0. The van der Waals surface area contributed by atoms with Crippen molar-refractivity contribution >= 4 is 12.1 Å². The topological polar surface area (TPSA) is 69.2 Å². The summed E-state index contributed by atoms with van der Waals surface area (Å²) in [6, 6.07) is 6.94. The number of carbonyl (C=O) groups is 2. The van der Waals surface area contributed by atoms with E-state index in [4.69, 9.17) is 4.74 Å². The third kappa shape index (κ3) is 3.47. The van der Waals surface area contributed by atoms with E-state index >= 15 is 0 Å². The zero-order valence-corrected chi connectivity index (χ0v) is 11.1. The molecule has 0 N–H and O–H groups in total. The summed E-state index contributed by atoms with van der Waals surface area (Å²) < 4.78 is 5.51. The van der Waals surface area contributed by atoms with Gasteiger partial charge in [-0.2, -0.15) is 0 Å². The van der Waals surface area contributed by atoms with Crippen LogP contribution in [0, 0.1) is 0 Å². The Morgan fingerprint density at radius 1 is 1.20 bits per heavy atom. The molecule has 0 saturated carbocycles. The summed E-state index contributed by atoms with van der Waals surface area (Å²) in [6.07, 6.45) is 4.06. The lowest BCUT2D eigenvalue weighted by molar-refractivity contribution is 0.0987. The van der Waals surface area contributed by atoms with Crippen molar-refractivity contribution in [1.29, 1.82) is 0 Å². The standard InChI is InChI=1S/C15H14N2O3/c1-2-14(19)12-3-5-13(6-4-12)20-10-15-16-7-11(9-18)8-17-15/h3-9H,2,10H2,1H3. The van der Waals surface area contributed by atoms with Gasteiger partial charge in [0.25, 0.3) is 0 Å². The highest BCUT2D eigenvalue weighted by Crippen LogP contribution is 2.14. The Balaban J connectivity index is 1.96. The summed E-state index contributed by atoms with van der Waals surface area (Å²) in [7, 11) is 0. The van der Waals surface area contributed by atoms with Gasteiger partial charge < -0.3 is 4.74 Å². The summed E-state index contributed by atoms with van der Waals surface area (Å²) in [5.41, 5.74) is 1.10. The molecular formula is C15H14N2O3. The quantitative estimate of drug-likeness (QED) is 0.595. The number of Topliss-reactive ketones (excluding diaryl/α,β-unsaturated/α-hetero) is 1. The van der Waals surface area contributed by atoms with Crippen LogP contribution in [0.5, 0.6) is 5.75 Å². The highest BCUT2D eigenvalue weighted by atomic mass is 16.5. The number of hydrogen-bond acceptors (Lipinski definition) is 5. The van der Waals surface area contributed by atoms with E-state index in [-0.39, 0.29) is 12.4 Å². The van der Waals surface area contributed by atoms with Crippen LogP contribution >= 0.6 is 0 Å². The van der Waals surface area contributed by atoms with E-state index in [1.54, 1.807) is 24.3 Å². The molecule has 0 unspecified atom stereocenters. The molecule has 5 heteroatoms. The second-order valence-electron chi connectivity index (χ2n) is 4.14. The monoisotopic (exact) mass is 270 g/mol. The van der Waals surface area contributed by atoms with Crippen LogP contribution in [0.2, 0.25) is 0 Å². The van der Waals surface area contributed by atoms with E-state index in [0.717, 1.165) is 0 Å². The zero-order valence-electron chi connectivity index (χ0n) is 11.1. The fourth-order valence-corrected chi connectivity index (χ4v) is 1.59. The van der Waals surface area contributed by atoms with Crippen LogP contribution in [-0.4, -0.2) is 22.0 Å². The molecule has 2 rings (SSSR count). The fraction of sp³-hybridized carbons (Fsp3) is 0.200. The summed E-state index contributed by atoms with van der Waals surface area (Å²) in [5, 5.41) is 0. The maximum atomic E-state index is 11.5. The third-order valence-corrected chi connectivity index (χ3v) is 2.73. The lowest BCUT2D eigenvalue weighted by atomic mass is 10.1. The van der Waals surface area contributed by atoms with Crippen molar-refractivity contribution < 1.29 is 14.3 Å². The van der Waals surface area contributed by atoms with E-state index in [1.165, 1.54) is 12.4 Å². The van der Waals surface area contributed by atoms with Gasteiger partial charge in [-0.05, 0) is 24.3 Å². The SMILES string of the molecule is CCC(=O)c1ccc(OCc2ncc(C=O)cn2)cc1. The van der Waals surface area contributed by atoms with Gasteiger partial charge in [-0.15, -0.1) is 0 Å². The molecule has 102 valence electrons. The molecule has 0 spiro atoms. The van der Waals surface area contributed by atoms with Gasteiger partial charge in [-0.3, -0.25) is 9.59 Å². The number of nitrogens with zero attached hydrogens (tertiary/aromatic N) is 2. The van der Waals surface area contributed by atoms with E-state index in [1.807, 2.05) is 6.92 Å². The highest BCUT2D eigenvalue weighted by Gasteiger charge is 2.03. The molecule has 0 radical (unpaired) electrons. The van der Waals surface area contributed by atoms with Crippen molar-refractivity contribution in [2.75, 3.05) is 0 Å². The normalized spacial score (nSPS) is 10.1. The van der Waals surface area contributed by atoms with E-state index in [0.29, 0.717) is 35.4 Å². The molecule has 0 aliphatic heterocycles. The van der Waals surface area contributed by atoms with Gasteiger partial charge in [0.05, 0.1) is 5.56 Å². The zero-order chi connectivity index (χ0) is 14.4. The molecule has 1 heterocycles. The molecule has 20 heavy (non-hydrogen) atoms. The first-order valence-corrected chi connectivity index (χ1v) is 6.25. The minimum atomic E-state index is 0.101. The van der Waals surface area contributed by atoms with Crippen molar-refractivity contribution in [2.24, 2.45) is 0 Å². The molecule has 1 aromatic heterocycles. The number of aldehydes is 1. The van der Waals surface area contributed by atoms with E-state index in [9.17, 15) is 9.59 Å². The number of rotatable bonds is 6. The van der Waals surface area contributed by atoms with Crippen molar-refractivity contribution in [2.45, 2.75) is 20.0 Å². The van der Waals surface area contributed by atoms with Crippen LogP contribution in [0.1, 0.15) is 39.9 Å².